The lowest BCUT2D eigenvalue weighted by atomic mass is 10.1. The SMILES string of the molecule is CC[C@@H](c1nnnn1Cc1ccc(F)cc1)N(Cc1ccc(F)cc1)Cc1cc2cc(C)ccc2[nH]c1=O. The quantitative estimate of drug-likeness (QED) is 0.289. The molecule has 5 aromatic rings. The van der Waals surface area contributed by atoms with Gasteiger partial charge in [0.25, 0.3) is 5.56 Å². The molecule has 0 saturated carbocycles. The molecule has 1 N–H and O–H groups in total. The number of hydrogen-bond acceptors (Lipinski definition) is 5. The van der Waals surface area contributed by atoms with E-state index >= 15 is 0 Å². The summed E-state index contributed by atoms with van der Waals surface area (Å²) in [6.07, 6.45) is 0.662. The van der Waals surface area contributed by atoms with Gasteiger partial charge in [-0.15, -0.1) is 5.10 Å². The summed E-state index contributed by atoms with van der Waals surface area (Å²) in [5, 5.41) is 13.4. The Kier molecular flexibility index (Phi) is 7.37. The molecule has 0 unspecified atom stereocenters. The number of aromatic nitrogens is 5. The van der Waals surface area contributed by atoms with Crippen LogP contribution < -0.4 is 5.56 Å². The average Bonchev–Trinajstić information content (AvgIpc) is 3.35. The Hall–Kier alpha value is -4.24. The second kappa shape index (κ2) is 11.0. The zero-order valence-corrected chi connectivity index (χ0v) is 21.2. The molecule has 0 radical (unpaired) electrons. The molecule has 5 rings (SSSR count). The van der Waals surface area contributed by atoms with Crippen molar-refractivity contribution in [1.82, 2.24) is 30.1 Å². The summed E-state index contributed by atoms with van der Waals surface area (Å²) in [6.45, 7) is 5.21. The van der Waals surface area contributed by atoms with Crippen molar-refractivity contribution in [3.05, 3.63) is 123 Å². The first-order chi connectivity index (χ1) is 18.4. The maximum Gasteiger partial charge on any atom is 0.252 e. The van der Waals surface area contributed by atoms with Gasteiger partial charge in [-0.25, -0.2) is 13.5 Å². The van der Waals surface area contributed by atoms with Gasteiger partial charge in [-0.2, -0.15) is 0 Å². The van der Waals surface area contributed by atoms with E-state index in [1.165, 1.54) is 24.3 Å². The Morgan fingerprint density at radius 2 is 1.61 bits per heavy atom. The summed E-state index contributed by atoms with van der Waals surface area (Å²) in [7, 11) is 0. The van der Waals surface area contributed by atoms with Crippen LogP contribution in [0.3, 0.4) is 0 Å². The molecule has 1 atom stereocenters. The molecule has 3 aromatic carbocycles. The molecular weight excluding hydrogens is 486 g/mol. The standard InChI is InChI=1S/C29H28F2N6O/c1-3-27(28-33-34-35-37(28)17-21-7-11-25(31)12-8-21)36(16-20-5-9-24(30)10-6-20)18-23-15-22-14-19(2)4-13-26(22)32-29(23)38/h4-15,27H,3,16-18H2,1-2H3,(H,32,38)/t27-/m0/s1. The molecule has 0 saturated heterocycles. The van der Waals surface area contributed by atoms with Crippen LogP contribution in [0.1, 0.15) is 47.5 Å². The Balaban J connectivity index is 1.52. The fourth-order valence-corrected chi connectivity index (χ4v) is 4.74. The molecule has 0 bridgehead atoms. The fraction of sp³-hybridized carbons (Fsp3) is 0.241. The van der Waals surface area contributed by atoms with Crippen molar-refractivity contribution in [2.45, 2.75) is 45.9 Å². The third kappa shape index (κ3) is 5.68. The molecular formula is C29H28F2N6O. The van der Waals surface area contributed by atoms with E-state index in [2.05, 4.69) is 25.4 Å². The molecule has 38 heavy (non-hydrogen) atoms. The molecule has 0 aliphatic rings. The Morgan fingerprint density at radius 1 is 0.921 bits per heavy atom. The lowest BCUT2D eigenvalue weighted by Crippen LogP contribution is -2.32. The smallest absolute Gasteiger partial charge is 0.252 e. The van der Waals surface area contributed by atoms with E-state index in [1.807, 2.05) is 38.1 Å². The van der Waals surface area contributed by atoms with Gasteiger partial charge in [0, 0.05) is 24.2 Å². The maximum atomic E-state index is 13.6. The number of H-pyrrole nitrogens is 1. The largest absolute Gasteiger partial charge is 0.322 e. The summed E-state index contributed by atoms with van der Waals surface area (Å²) in [4.78, 5) is 18.2. The second-order valence-electron chi connectivity index (χ2n) is 9.49. The van der Waals surface area contributed by atoms with Crippen LogP contribution in [0.25, 0.3) is 10.9 Å². The minimum absolute atomic E-state index is 0.161. The van der Waals surface area contributed by atoms with E-state index in [0.29, 0.717) is 37.4 Å². The predicted octanol–water partition coefficient (Wildman–Crippen LogP) is 5.30. The first-order valence-electron chi connectivity index (χ1n) is 12.5. The van der Waals surface area contributed by atoms with E-state index in [9.17, 15) is 13.6 Å². The number of nitrogens with zero attached hydrogens (tertiary/aromatic N) is 5. The van der Waals surface area contributed by atoms with Gasteiger partial charge in [-0.3, -0.25) is 9.69 Å². The topological polar surface area (TPSA) is 79.7 Å². The normalized spacial score (nSPS) is 12.3. The first-order valence-corrected chi connectivity index (χ1v) is 12.5. The number of tetrazole rings is 1. The van der Waals surface area contributed by atoms with Crippen molar-refractivity contribution < 1.29 is 8.78 Å². The van der Waals surface area contributed by atoms with Crippen LogP contribution in [-0.2, 0) is 19.6 Å². The van der Waals surface area contributed by atoms with Crippen molar-refractivity contribution in [2.24, 2.45) is 0 Å². The Bertz CT molecular complexity index is 1590. The van der Waals surface area contributed by atoms with Gasteiger partial charge in [0.2, 0.25) is 0 Å². The van der Waals surface area contributed by atoms with Gasteiger partial charge in [0.1, 0.15) is 11.6 Å². The summed E-state index contributed by atoms with van der Waals surface area (Å²) >= 11 is 0. The van der Waals surface area contributed by atoms with Gasteiger partial charge in [-0.05, 0) is 82.7 Å². The van der Waals surface area contributed by atoms with E-state index in [-0.39, 0.29) is 23.2 Å². The van der Waals surface area contributed by atoms with E-state index in [0.717, 1.165) is 27.6 Å². The molecule has 0 amide bonds. The number of aromatic amines is 1. The lowest BCUT2D eigenvalue weighted by Gasteiger charge is -2.30. The molecule has 2 heterocycles. The number of hydrogen-bond donors (Lipinski definition) is 1. The van der Waals surface area contributed by atoms with Crippen molar-refractivity contribution >= 4 is 10.9 Å². The van der Waals surface area contributed by atoms with Gasteiger partial charge < -0.3 is 4.98 Å². The van der Waals surface area contributed by atoms with Crippen molar-refractivity contribution in [3.63, 3.8) is 0 Å². The zero-order chi connectivity index (χ0) is 26.6. The molecule has 2 aromatic heterocycles. The van der Waals surface area contributed by atoms with Gasteiger partial charge in [0.15, 0.2) is 5.82 Å². The van der Waals surface area contributed by atoms with Gasteiger partial charge in [-0.1, -0.05) is 42.8 Å². The second-order valence-corrected chi connectivity index (χ2v) is 9.49. The molecule has 0 fully saturated rings. The molecule has 7 nitrogen and oxygen atoms in total. The van der Waals surface area contributed by atoms with Crippen LogP contribution >= 0.6 is 0 Å². The molecule has 194 valence electrons. The highest BCUT2D eigenvalue weighted by Crippen LogP contribution is 2.27. The van der Waals surface area contributed by atoms with Gasteiger partial charge >= 0.3 is 0 Å². The number of halogens is 2. The van der Waals surface area contributed by atoms with Crippen molar-refractivity contribution in [3.8, 4) is 0 Å². The summed E-state index contributed by atoms with van der Waals surface area (Å²) in [5.41, 5.74) is 4.10. The monoisotopic (exact) mass is 514 g/mol. The zero-order valence-electron chi connectivity index (χ0n) is 21.2. The number of fused-ring (bicyclic) bond motifs is 1. The molecule has 0 spiro atoms. The highest BCUT2D eigenvalue weighted by atomic mass is 19.1. The minimum Gasteiger partial charge on any atom is -0.322 e. The number of nitrogens with one attached hydrogen (secondary N) is 1. The molecule has 0 aliphatic carbocycles. The number of rotatable bonds is 9. The average molecular weight is 515 g/mol. The fourth-order valence-electron chi connectivity index (χ4n) is 4.74. The lowest BCUT2D eigenvalue weighted by molar-refractivity contribution is 0.161. The Labute approximate surface area is 218 Å². The highest BCUT2D eigenvalue weighted by Gasteiger charge is 2.26. The summed E-state index contributed by atoms with van der Waals surface area (Å²) in [5.74, 6) is 0.0160. The van der Waals surface area contributed by atoms with Crippen LogP contribution in [0.5, 0.6) is 0 Å². The van der Waals surface area contributed by atoms with E-state index in [4.69, 9.17) is 0 Å². The number of benzene rings is 3. The number of aryl methyl sites for hydroxylation is 1. The first kappa shape index (κ1) is 25.4. The van der Waals surface area contributed by atoms with Crippen molar-refractivity contribution in [1.29, 1.82) is 0 Å². The van der Waals surface area contributed by atoms with E-state index < -0.39 is 0 Å². The van der Waals surface area contributed by atoms with E-state index in [1.54, 1.807) is 28.9 Å². The number of pyridine rings is 1. The van der Waals surface area contributed by atoms with Crippen LogP contribution in [-0.4, -0.2) is 30.1 Å². The summed E-state index contributed by atoms with van der Waals surface area (Å²) in [6, 6.07) is 20.2. The maximum absolute atomic E-state index is 13.6. The molecule has 0 aliphatic heterocycles. The van der Waals surface area contributed by atoms with Crippen molar-refractivity contribution in [2.75, 3.05) is 0 Å². The molecule has 9 heteroatoms. The minimum atomic E-state index is -0.308. The van der Waals surface area contributed by atoms with Crippen LogP contribution in [0.2, 0.25) is 0 Å². The Morgan fingerprint density at radius 3 is 2.29 bits per heavy atom. The third-order valence-electron chi connectivity index (χ3n) is 6.68. The highest BCUT2D eigenvalue weighted by molar-refractivity contribution is 5.79. The predicted molar refractivity (Wildman–Crippen MR) is 141 cm³/mol. The third-order valence-corrected chi connectivity index (χ3v) is 6.68. The van der Waals surface area contributed by atoms with Gasteiger partial charge in [0.05, 0.1) is 12.6 Å². The summed E-state index contributed by atoms with van der Waals surface area (Å²) < 4.78 is 28.7. The van der Waals surface area contributed by atoms with Crippen LogP contribution in [0, 0.1) is 18.6 Å². The van der Waals surface area contributed by atoms with Crippen LogP contribution in [0.4, 0.5) is 8.78 Å². The van der Waals surface area contributed by atoms with Crippen LogP contribution in [0.15, 0.2) is 77.6 Å².